The van der Waals surface area contributed by atoms with Crippen LogP contribution in [0.2, 0.25) is 0 Å². The van der Waals surface area contributed by atoms with Crippen molar-refractivity contribution in [3.05, 3.63) is 59.9 Å². The summed E-state index contributed by atoms with van der Waals surface area (Å²) in [7, 11) is 0. The first kappa shape index (κ1) is 22.0. The third kappa shape index (κ3) is 5.92. The fraction of sp³-hybridized carbons (Fsp3) is 0.538. The number of hydrogen-bond donors (Lipinski definition) is 0. The van der Waals surface area contributed by atoms with E-state index >= 15 is 0 Å². The second kappa shape index (κ2) is 9.92. The smallest absolute Gasteiger partial charge is 0.225 e. The van der Waals surface area contributed by atoms with Crippen LogP contribution in [0.25, 0.3) is 5.57 Å². The van der Waals surface area contributed by atoms with E-state index in [0.29, 0.717) is 0 Å². The summed E-state index contributed by atoms with van der Waals surface area (Å²) in [5.41, 5.74) is 4.54. The van der Waals surface area contributed by atoms with E-state index in [9.17, 15) is 0 Å². The summed E-state index contributed by atoms with van der Waals surface area (Å²) in [6.07, 6.45) is 8.49. The predicted molar refractivity (Wildman–Crippen MR) is 129 cm³/mol. The molecule has 0 N–H and O–H groups in total. The van der Waals surface area contributed by atoms with E-state index < -0.39 is 0 Å². The molecule has 0 unspecified atom stereocenters. The van der Waals surface area contributed by atoms with Crippen molar-refractivity contribution in [3.63, 3.8) is 0 Å². The lowest BCUT2D eigenvalue weighted by atomic mass is 9.86. The summed E-state index contributed by atoms with van der Waals surface area (Å²) in [4.78, 5) is 16.2. The first-order valence-electron chi connectivity index (χ1n) is 11.8. The molecule has 1 aromatic heterocycles. The van der Waals surface area contributed by atoms with Gasteiger partial charge in [0.15, 0.2) is 0 Å². The SMILES string of the molecule is CC(C)(C)c1ccc(C2=CCN(CCCN3CCN(c4ncccn4)CC3)CC2)cc1. The van der Waals surface area contributed by atoms with Gasteiger partial charge in [-0.2, -0.15) is 0 Å². The van der Waals surface area contributed by atoms with Crippen molar-refractivity contribution in [2.75, 3.05) is 57.3 Å². The second-order valence-corrected chi connectivity index (χ2v) is 9.84. The molecule has 2 aliphatic rings. The maximum Gasteiger partial charge on any atom is 0.225 e. The Morgan fingerprint density at radius 1 is 0.839 bits per heavy atom. The number of nitrogens with zero attached hydrogens (tertiary/aromatic N) is 5. The maximum atomic E-state index is 4.38. The highest BCUT2D eigenvalue weighted by Crippen LogP contribution is 2.27. The van der Waals surface area contributed by atoms with Gasteiger partial charge in [0.1, 0.15) is 0 Å². The summed E-state index contributed by atoms with van der Waals surface area (Å²) < 4.78 is 0. The van der Waals surface area contributed by atoms with Crippen LogP contribution in [0, 0.1) is 0 Å². The molecule has 0 atom stereocenters. The van der Waals surface area contributed by atoms with E-state index in [1.807, 2.05) is 18.5 Å². The molecule has 166 valence electrons. The van der Waals surface area contributed by atoms with Crippen molar-refractivity contribution in [2.45, 2.75) is 39.0 Å². The molecular formula is C26H37N5. The highest BCUT2D eigenvalue weighted by Gasteiger charge is 2.19. The molecule has 1 saturated heterocycles. The molecule has 31 heavy (non-hydrogen) atoms. The van der Waals surface area contributed by atoms with Crippen LogP contribution in [0.4, 0.5) is 5.95 Å². The Hall–Kier alpha value is -2.24. The zero-order valence-corrected chi connectivity index (χ0v) is 19.4. The molecule has 1 aromatic carbocycles. The van der Waals surface area contributed by atoms with E-state index in [4.69, 9.17) is 0 Å². The van der Waals surface area contributed by atoms with Crippen molar-refractivity contribution in [1.82, 2.24) is 19.8 Å². The molecule has 0 radical (unpaired) electrons. The van der Waals surface area contributed by atoms with E-state index in [0.717, 1.165) is 45.1 Å². The molecule has 0 bridgehead atoms. The number of anilines is 1. The van der Waals surface area contributed by atoms with Crippen LogP contribution < -0.4 is 4.90 Å². The van der Waals surface area contributed by atoms with Crippen LogP contribution in [0.3, 0.4) is 0 Å². The van der Waals surface area contributed by atoms with Crippen LogP contribution in [-0.2, 0) is 5.41 Å². The number of aromatic nitrogens is 2. The maximum absolute atomic E-state index is 4.38. The highest BCUT2D eigenvalue weighted by molar-refractivity contribution is 5.66. The van der Waals surface area contributed by atoms with Crippen molar-refractivity contribution in [3.8, 4) is 0 Å². The summed E-state index contributed by atoms with van der Waals surface area (Å²) >= 11 is 0. The monoisotopic (exact) mass is 419 g/mol. The van der Waals surface area contributed by atoms with Gasteiger partial charge in [-0.3, -0.25) is 9.80 Å². The number of rotatable bonds is 6. The standard InChI is InChI=1S/C26H37N5/c1-26(2,3)24-8-6-22(7-9-24)23-10-16-29(17-11-23)14-5-15-30-18-20-31(21-19-30)25-27-12-4-13-28-25/h4,6-10,12-13H,5,11,14-21H2,1-3H3. The molecule has 0 aliphatic carbocycles. The van der Waals surface area contributed by atoms with E-state index in [1.165, 1.54) is 42.8 Å². The van der Waals surface area contributed by atoms with Gasteiger partial charge in [0.2, 0.25) is 5.95 Å². The Morgan fingerprint density at radius 3 is 2.13 bits per heavy atom. The zero-order chi connectivity index (χ0) is 21.7. The van der Waals surface area contributed by atoms with Crippen LogP contribution in [0.15, 0.2) is 48.8 Å². The van der Waals surface area contributed by atoms with Gasteiger partial charge >= 0.3 is 0 Å². The van der Waals surface area contributed by atoms with E-state index in [-0.39, 0.29) is 5.41 Å². The van der Waals surface area contributed by atoms with Gasteiger partial charge in [-0.05, 0) is 54.1 Å². The number of piperazine rings is 1. The van der Waals surface area contributed by atoms with Crippen LogP contribution >= 0.6 is 0 Å². The molecule has 1 fully saturated rings. The Bertz CT molecular complexity index is 846. The lowest BCUT2D eigenvalue weighted by Crippen LogP contribution is -2.47. The summed E-state index contributed by atoms with van der Waals surface area (Å²) in [6.45, 7) is 15.7. The van der Waals surface area contributed by atoms with Gasteiger partial charge in [0.25, 0.3) is 0 Å². The van der Waals surface area contributed by atoms with Crippen molar-refractivity contribution in [2.24, 2.45) is 0 Å². The predicted octanol–water partition coefficient (Wildman–Crippen LogP) is 4.08. The topological polar surface area (TPSA) is 35.5 Å². The van der Waals surface area contributed by atoms with Gasteiger partial charge in [0.05, 0.1) is 0 Å². The second-order valence-electron chi connectivity index (χ2n) is 9.84. The number of benzene rings is 1. The third-order valence-electron chi connectivity index (χ3n) is 6.57. The molecule has 2 aliphatic heterocycles. The lowest BCUT2D eigenvalue weighted by molar-refractivity contribution is 0.226. The Labute approximate surface area is 187 Å². The molecule has 3 heterocycles. The average molecular weight is 420 g/mol. The Morgan fingerprint density at radius 2 is 1.52 bits per heavy atom. The van der Waals surface area contributed by atoms with Crippen molar-refractivity contribution < 1.29 is 0 Å². The van der Waals surface area contributed by atoms with Crippen molar-refractivity contribution in [1.29, 1.82) is 0 Å². The third-order valence-corrected chi connectivity index (χ3v) is 6.57. The van der Waals surface area contributed by atoms with Crippen LogP contribution in [0.1, 0.15) is 44.7 Å². The first-order chi connectivity index (χ1) is 15.0. The minimum atomic E-state index is 0.220. The van der Waals surface area contributed by atoms with Gasteiger partial charge in [0, 0.05) is 51.7 Å². The van der Waals surface area contributed by atoms with E-state index in [1.54, 1.807) is 0 Å². The quantitative estimate of drug-likeness (QED) is 0.705. The summed E-state index contributed by atoms with van der Waals surface area (Å²) in [6, 6.07) is 11.1. The van der Waals surface area contributed by atoms with Crippen LogP contribution in [0.5, 0.6) is 0 Å². The fourth-order valence-corrected chi connectivity index (χ4v) is 4.50. The van der Waals surface area contributed by atoms with Gasteiger partial charge in [-0.25, -0.2) is 9.97 Å². The van der Waals surface area contributed by atoms with Gasteiger partial charge in [-0.15, -0.1) is 0 Å². The summed E-state index contributed by atoms with van der Waals surface area (Å²) in [5, 5.41) is 0. The first-order valence-corrected chi connectivity index (χ1v) is 11.8. The van der Waals surface area contributed by atoms with E-state index in [2.05, 4.69) is 75.8 Å². The highest BCUT2D eigenvalue weighted by atomic mass is 15.3. The molecule has 0 spiro atoms. The molecule has 5 nitrogen and oxygen atoms in total. The minimum Gasteiger partial charge on any atom is -0.338 e. The van der Waals surface area contributed by atoms with Gasteiger partial charge < -0.3 is 4.90 Å². The normalized spacial score (nSPS) is 18.8. The molecule has 2 aromatic rings. The molecule has 0 amide bonds. The zero-order valence-electron chi connectivity index (χ0n) is 19.4. The minimum absolute atomic E-state index is 0.220. The lowest BCUT2D eigenvalue weighted by Gasteiger charge is -2.35. The van der Waals surface area contributed by atoms with Gasteiger partial charge in [-0.1, -0.05) is 51.1 Å². The fourth-order valence-electron chi connectivity index (χ4n) is 4.50. The summed E-state index contributed by atoms with van der Waals surface area (Å²) in [5.74, 6) is 0.867. The van der Waals surface area contributed by atoms with Crippen molar-refractivity contribution >= 4 is 11.5 Å². The molecule has 5 heteroatoms. The average Bonchev–Trinajstić information content (AvgIpc) is 2.80. The Kier molecular flexibility index (Phi) is 7.03. The molecule has 0 saturated carbocycles. The molecule has 4 rings (SSSR count). The largest absolute Gasteiger partial charge is 0.338 e. The number of hydrogen-bond acceptors (Lipinski definition) is 5. The van der Waals surface area contributed by atoms with Crippen LogP contribution in [-0.4, -0.2) is 72.1 Å². The Balaban J connectivity index is 1.17. The molecular weight excluding hydrogens is 382 g/mol.